The predicted molar refractivity (Wildman–Crippen MR) is 81.5 cm³/mol. The number of para-hydroxylation sites is 1. The fraction of sp³-hybridized carbons (Fsp3) is 0.176. The Kier molecular flexibility index (Phi) is 5.83. The van der Waals surface area contributed by atoms with Gasteiger partial charge < -0.3 is 14.8 Å². The van der Waals surface area contributed by atoms with E-state index in [1.54, 1.807) is 24.3 Å². The van der Waals surface area contributed by atoms with Crippen LogP contribution in [-0.2, 0) is 16.1 Å². The second kappa shape index (κ2) is 8.05. The van der Waals surface area contributed by atoms with Gasteiger partial charge in [0.05, 0.1) is 12.7 Å². The summed E-state index contributed by atoms with van der Waals surface area (Å²) in [5, 5.41) is 2.55. The van der Waals surface area contributed by atoms with Crippen LogP contribution in [-0.4, -0.2) is 25.6 Å². The molecule has 2 aromatic rings. The van der Waals surface area contributed by atoms with Crippen molar-refractivity contribution in [3.63, 3.8) is 0 Å². The summed E-state index contributed by atoms with van der Waals surface area (Å²) in [5.41, 5.74) is 0.318. The minimum atomic E-state index is -1.05. The Labute approximate surface area is 137 Å². The highest BCUT2D eigenvalue weighted by Gasteiger charge is 2.15. The summed E-state index contributed by atoms with van der Waals surface area (Å²) in [5.74, 6) is -2.84. The third-order valence-corrected chi connectivity index (χ3v) is 3.15. The summed E-state index contributed by atoms with van der Waals surface area (Å²) in [6.45, 7) is -0.393. The lowest BCUT2D eigenvalue weighted by molar-refractivity contribution is -0.124. The number of nitrogens with one attached hydrogen (secondary N) is 1. The number of carbonyl (C=O) groups excluding carboxylic acids is 2. The fourth-order valence-electron chi connectivity index (χ4n) is 1.96. The average molecular weight is 335 g/mol. The van der Waals surface area contributed by atoms with E-state index in [1.165, 1.54) is 7.11 Å². The maximum Gasteiger partial charge on any atom is 0.341 e. The van der Waals surface area contributed by atoms with Gasteiger partial charge >= 0.3 is 5.97 Å². The standard InChI is InChI=1S/C17H15F2NO4/c1-23-15-5-3-2-4-11(15)9-20-16(21)10-24-17(22)13-7-6-12(18)8-14(13)19/h2-8H,9-10H2,1H3,(H,20,21). The van der Waals surface area contributed by atoms with E-state index in [0.29, 0.717) is 11.8 Å². The topological polar surface area (TPSA) is 64.6 Å². The van der Waals surface area contributed by atoms with Crippen molar-refractivity contribution in [3.8, 4) is 5.75 Å². The molecule has 0 saturated carbocycles. The first kappa shape index (κ1) is 17.4. The minimum Gasteiger partial charge on any atom is -0.496 e. The van der Waals surface area contributed by atoms with Crippen LogP contribution in [0.5, 0.6) is 5.75 Å². The average Bonchev–Trinajstić information content (AvgIpc) is 2.58. The lowest BCUT2D eigenvalue weighted by Gasteiger charge is -2.10. The zero-order valence-electron chi connectivity index (χ0n) is 12.8. The van der Waals surface area contributed by atoms with E-state index in [2.05, 4.69) is 5.32 Å². The molecule has 0 saturated heterocycles. The molecule has 1 N–H and O–H groups in total. The second-order valence-corrected chi connectivity index (χ2v) is 4.79. The van der Waals surface area contributed by atoms with Crippen molar-refractivity contribution in [2.45, 2.75) is 6.54 Å². The molecule has 5 nitrogen and oxygen atoms in total. The molecule has 0 aliphatic heterocycles. The SMILES string of the molecule is COc1ccccc1CNC(=O)COC(=O)c1ccc(F)cc1F. The van der Waals surface area contributed by atoms with Crippen molar-refractivity contribution in [1.82, 2.24) is 5.32 Å². The molecule has 0 radical (unpaired) electrons. The Morgan fingerprint density at radius 2 is 1.88 bits per heavy atom. The van der Waals surface area contributed by atoms with Crippen LogP contribution in [0.4, 0.5) is 8.78 Å². The van der Waals surface area contributed by atoms with Crippen molar-refractivity contribution in [2.75, 3.05) is 13.7 Å². The smallest absolute Gasteiger partial charge is 0.341 e. The molecule has 126 valence electrons. The number of halogens is 2. The molecule has 2 aromatic carbocycles. The molecule has 0 aliphatic carbocycles. The van der Waals surface area contributed by atoms with Gasteiger partial charge in [0.2, 0.25) is 0 Å². The van der Waals surface area contributed by atoms with Gasteiger partial charge in [-0.1, -0.05) is 18.2 Å². The maximum atomic E-state index is 13.4. The first-order chi connectivity index (χ1) is 11.5. The van der Waals surface area contributed by atoms with Crippen LogP contribution in [0.2, 0.25) is 0 Å². The number of ether oxygens (including phenoxy) is 2. The highest BCUT2D eigenvalue weighted by atomic mass is 19.1. The number of amides is 1. The Hall–Kier alpha value is -2.96. The van der Waals surface area contributed by atoms with Gasteiger partial charge in [-0.25, -0.2) is 13.6 Å². The summed E-state index contributed by atoms with van der Waals surface area (Å²) in [4.78, 5) is 23.4. The van der Waals surface area contributed by atoms with Crippen LogP contribution in [0.15, 0.2) is 42.5 Å². The Bertz CT molecular complexity index is 749. The normalized spacial score (nSPS) is 10.1. The summed E-state index contributed by atoms with van der Waals surface area (Å²) < 4.78 is 36.1. The number of carbonyl (C=O) groups is 2. The number of esters is 1. The van der Waals surface area contributed by atoms with Crippen LogP contribution < -0.4 is 10.1 Å². The van der Waals surface area contributed by atoms with E-state index in [4.69, 9.17) is 9.47 Å². The Morgan fingerprint density at radius 1 is 1.12 bits per heavy atom. The molecule has 0 atom stereocenters. The van der Waals surface area contributed by atoms with Gasteiger partial charge in [-0.3, -0.25) is 4.79 Å². The van der Waals surface area contributed by atoms with Crippen LogP contribution in [0.25, 0.3) is 0 Å². The molecular weight excluding hydrogens is 320 g/mol. The lowest BCUT2D eigenvalue weighted by Crippen LogP contribution is -2.28. The van der Waals surface area contributed by atoms with Crippen molar-refractivity contribution in [1.29, 1.82) is 0 Å². The molecule has 0 heterocycles. The quantitative estimate of drug-likeness (QED) is 0.824. The summed E-state index contributed by atoms with van der Waals surface area (Å²) >= 11 is 0. The molecule has 0 bridgehead atoms. The molecule has 0 fully saturated rings. The summed E-state index contributed by atoms with van der Waals surface area (Å²) in [6, 6.07) is 9.57. The Balaban J connectivity index is 1.85. The van der Waals surface area contributed by atoms with Crippen molar-refractivity contribution in [3.05, 3.63) is 65.2 Å². The van der Waals surface area contributed by atoms with Gasteiger partial charge in [0.15, 0.2) is 6.61 Å². The largest absolute Gasteiger partial charge is 0.496 e. The lowest BCUT2D eigenvalue weighted by atomic mass is 10.2. The highest BCUT2D eigenvalue weighted by Crippen LogP contribution is 2.16. The molecule has 0 spiro atoms. The van der Waals surface area contributed by atoms with Gasteiger partial charge in [0.1, 0.15) is 17.4 Å². The molecule has 24 heavy (non-hydrogen) atoms. The van der Waals surface area contributed by atoms with E-state index < -0.39 is 35.7 Å². The van der Waals surface area contributed by atoms with Crippen molar-refractivity contribution >= 4 is 11.9 Å². The van der Waals surface area contributed by atoms with Crippen molar-refractivity contribution in [2.24, 2.45) is 0 Å². The van der Waals surface area contributed by atoms with Gasteiger partial charge in [-0.15, -0.1) is 0 Å². The van der Waals surface area contributed by atoms with E-state index in [-0.39, 0.29) is 6.54 Å². The monoisotopic (exact) mass is 335 g/mol. The van der Waals surface area contributed by atoms with Gasteiger partial charge in [-0.05, 0) is 18.2 Å². The van der Waals surface area contributed by atoms with Crippen LogP contribution in [0.1, 0.15) is 15.9 Å². The van der Waals surface area contributed by atoms with E-state index in [1.807, 2.05) is 0 Å². The van der Waals surface area contributed by atoms with Gasteiger partial charge in [-0.2, -0.15) is 0 Å². The molecule has 0 aliphatic rings. The van der Waals surface area contributed by atoms with Crippen LogP contribution >= 0.6 is 0 Å². The molecule has 2 rings (SSSR count). The number of rotatable bonds is 6. The molecular formula is C17H15F2NO4. The Morgan fingerprint density at radius 3 is 2.58 bits per heavy atom. The first-order valence-electron chi connectivity index (χ1n) is 7.02. The van der Waals surface area contributed by atoms with Crippen LogP contribution in [0, 0.1) is 11.6 Å². The number of hydrogen-bond acceptors (Lipinski definition) is 4. The predicted octanol–water partition coefficient (Wildman–Crippen LogP) is 2.45. The third kappa shape index (κ3) is 4.52. The zero-order valence-corrected chi connectivity index (χ0v) is 12.8. The molecule has 7 heteroatoms. The number of benzene rings is 2. The van der Waals surface area contributed by atoms with Gasteiger partial charge in [0.25, 0.3) is 5.91 Å². The number of methoxy groups -OCH3 is 1. The molecule has 1 amide bonds. The minimum absolute atomic E-state index is 0.186. The summed E-state index contributed by atoms with van der Waals surface area (Å²) in [6.07, 6.45) is 0. The van der Waals surface area contributed by atoms with E-state index >= 15 is 0 Å². The van der Waals surface area contributed by atoms with Crippen molar-refractivity contribution < 1.29 is 27.8 Å². The molecule has 0 unspecified atom stereocenters. The van der Waals surface area contributed by atoms with Crippen LogP contribution in [0.3, 0.4) is 0 Å². The number of hydrogen-bond donors (Lipinski definition) is 1. The maximum absolute atomic E-state index is 13.4. The van der Waals surface area contributed by atoms with E-state index in [0.717, 1.165) is 17.7 Å². The van der Waals surface area contributed by atoms with Gasteiger partial charge in [0, 0.05) is 18.2 Å². The molecule has 0 aromatic heterocycles. The van der Waals surface area contributed by atoms with E-state index in [9.17, 15) is 18.4 Å². The third-order valence-electron chi connectivity index (χ3n) is 3.15. The fourth-order valence-corrected chi connectivity index (χ4v) is 1.96. The highest BCUT2D eigenvalue weighted by molar-refractivity contribution is 5.91. The zero-order chi connectivity index (χ0) is 17.5. The summed E-state index contributed by atoms with van der Waals surface area (Å²) in [7, 11) is 1.51. The second-order valence-electron chi connectivity index (χ2n) is 4.79. The first-order valence-corrected chi connectivity index (χ1v) is 7.02.